The van der Waals surface area contributed by atoms with Crippen molar-refractivity contribution in [2.75, 3.05) is 20.3 Å². The molecule has 3 rings (SSSR count). The summed E-state index contributed by atoms with van der Waals surface area (Å²) in [7, 11) is 1.60. The van der Waals surface area contributed by atoms with Crippen LogP contribution < -0.4 is 9.47 Å². The summed E-state index contributed by atoms with van der Waals surface area (Å²) in [5, 5.41) is -0.220. The molecule has 0 radical (unpaired) electrons. The number of benzene rings is 2. The second-order valence-electron chi connectivity index (χ2n) is 6.39. The van der Waals surface area contributed by atoms with Crippen LogP contribution in [-0.4, -0.2) is 36.3 Å². The van der Waals surface area contributed by atoms with Crippen molar-refractivity contribution in [3.63, 3.8) is 0 Å². The molecule has 2 amide bonds. The maximum atomic E-state index is 12.7. The fraction of sp³-hybridized carbons (Fsp3) is 0.273. The van der Waals surface area contributed by atoms with Gasteiger partial charge in [0.2, 0.25) is 0 Å². The molecule has 2 aromatic rings. The highest BCUT2D eigenvalue weighted by Crippen LogP contribution is 2.37. The number of rotatable bonds is 8. The van der Waals surface area contributed by atoms with E-state index in [-0.39, 0.29) is 11.1 Å². The van der Waals surface area contributed by atoms with Crippen LogP contribution in [0.25, 0.3) is 6.08 Å². The van der Waals surface area contributed by atoms with Gasteiger partial charge in [-0.2, -0.15) is 0 Å². The minimum Gasteiger partial charge on any atom is -0.492 e. The number of thioether (sulfide) groups is 1. The van der Waals surface area contributed by atoms with Gasteiger partial charge < -0.3 is 9.47 Å². The topological polar surface area (TPSA) is 55.8 Å². The molecule has 2 aromatic carbocycles. The number of aryl methyl sites for hydroxylation is 1. The van der Waals surface area contributed by atoms with Gasteiger partial charge in [-0.3, -0.25) is 14.5 Å². The number of hydrogen-bond donors (Lipinski definition) is 0. The first-order valence-electron chi connectivity index (χ1n) is 9.33. The SMILES string of the molecule is CCOc1cc(/C=C2/SC(=O)N(CCCc3ccccc3)C2=O)cc(I)c1OC. The maximum Gasteiger partial charge on any atom is 0.293 e. The van der Waals surface area contributed by atoms with Crippen molar-refractivity contribution in [1.29, 1.82) is 0 Å². The summed E-state index contributed by atoms with van der Waals surface area (Å²) in [6.07, 6.45) is 3.31. The molecule has 1 heterocycles. The average Bonchev–Trinajstić information content (AvgIpc) is 2.96. The molecule has 1 aliphatic rings. The van der Waals surface area contributed by atoms with Crippen LogP contribution in [0.1, 0.15) is 24.5 Å². The van der Waals surface area contributed by atoms with Crippen LogP contribution in [0.5, 0.6) is 11.5 Å². The molecule has 0 atom stereocenters. The van der Waals surface area contributed by atoms with E-state index in [1.54, 1.807) is 13.2 Å². The Hall–Kier alpha value is -2.00. The smallest absolute Gasteiger partial charge is 0.293 e. The van der Waals surface area contributed by atoms with Crippen LogP contribution in [0.15, 0.2) is 47.4 Å². The molecule has 5 nitrogen and oxygen atoms in total. The van der Waals surface area contributed by atoms with E-state index in [2.05, 4.69) is 34.7 Å². The molecule has 0 saturated carbocycles. The molecule has 0 N–H and O–H groups in total. The van der Waals surface area contributed by atoms with E-state index in [0.717, 1.165) is 33.7 Å². The number of ether oxygens (including phenoxy) is 2. The standard InChI is InChI=1S/C22H22INO4S/c1-3-28-18-13-16(12-17(23)20(18)27-2)14-19-21(25)24(22(26)29-19)11-7-10-15-8-5-4-6-9-15/h4-6,8-9,12-14H,3,7,10-11H2,1-2H3/b19-14+. The minimum atomic E-state index is -0.239. The molecule has 7 heteroatoms. The van der Waals surface area contributed by atoms with Gasteiger partial charge in [-0.25, -0.2) is 0 Å². The number of hydrogen-bond acceptors (Lipinski definition) is 5. The zero-order valence-electron chi connectivity index (χ0n) is 16.3. The second kappa shape index (κ2) is 10.2. The number of carbonyl (C=O) groups excluding carboxylic acids is 2. The van der Waals surface area contributed by atoms with Gasteiger partial charge in [0.05, 0.1) is 22.2 Å². The molecular formula is C22H22INO4S. The molecule has 1 fully saturated rings. The van der Waals surface area contributed by atoms with Crippen LogP contribution in [0, 0.1) is 3.57 Å². The molecular weight excluding hydrogens is 501 g/mol. The highest BCUT2D eigenvalue weighted by atomic mass is 127. The van der Waals surface area contributed by atoms with Crippen molar-refractivity contribution >= 4 is 51.6 Å². The van der Waals surface area contributed by atoms with E-state index in [9.17, 15) is 9.59 Å². The lowest BCUT2D eigenvalue weighted by atomic mass is 10.1. The van der Waals surface area contributed by atoms with E-state index < -0.39 is 0 Å². The molecule has 0 unspecified atom stereocenters. The van der Waals surface area contributed by atoms with Gasteiger partial charge in [-0.15, -0.1) is 0 Å². The lowest BCUT2D eigenvalue weighted by Gasteiger charge is -2.13. The highest BCUT2D eigenvalue weighted by molar-refractivity contribution is 14.1. The molecule has 0 aliphatic carbocycles. The van der Waals surface area contributed by atoms with Crippen molar-refractivity contribution < 1.29 is 19.1 Å². The van der Waals surface area contributed by atoms with Crippen LogP contribution >= 0.6 is 34.4 Å². The average molecular weight is 523 g/mol. The number of nitrogens with zero attached hydrogens (tertiary/aromatic N) is 1. The Morgan fingerprint density at radius 3 is 2.62 bits per heavy atom. The summed E-state index contributed by atoms with van der Waals surface area (Å²) in [6, 6.07) is 13.8. The van der Waals surface area contributed by atoms with Crippen molar-refractivity contribution in [3.05, 3.63) is 62.1 Å². The Labute approximate surface area is 188 Å². The normalized spacial score (nSPS) is 15.3. The van der Waals surface area contributed by atoms with E-state index in [0.29, 0.717) is 29.6 Å². The Balaban J connectivity index is 1.72. The van der Waals surface area contributed by atoms with Crippen LogP contribution in [0.4, 0.5) is 4.79 Å². The quantitative estimate of drug-likeness (QED) is 0.344. The molecule has 0 spiro atoms. The van der Waals surface area contributed by atoms with E-state index in [1.807, 2.05) is 37.3 Å². The summed E-state index contributed by atoms with van der Waals surface area (Å²) < 4.78 is 11.9. The fourth-order valence-corrected chi connectivity index (χ4v) is 4.77. The summed E-state index contributed by atoms with van der Waals surface area (Å²) in [5.41, 5.74) is 2.00. The van der Waals surface area contributed by atoms with Crippen LogP contribution in [-0.2, 0) is 11.2 Å². The van der Waals surface area contributed by atoms with Gasteiger partial charge in [-0.1, -0.05) is 30.3 Å². The molecule has 0 bridgehead atoms. The van der Waals surface area contributed by atoms with Gasteiger partial charge >= 0.3 is 0 Å². The van der Waals surface area contributed by atoms with Gasteiger partial charge in [0.15, 0.2) is 11.5 Å². The first-order valence-corrected chi connectivity index (χ1v) is 11.2. The zero-order valence-corrected chi connectivity index (χ0v) is 19.3. The lowest BCUT2D eigenvalue weighted by Crippen LogP contribution is -2.29. The number of carbonyl (C=O) groups is 2. The molecule has 1 saturated heterocycles. The van der Waals surface area contributed by atoms with Crippen LogP contribution in [0.2, 0.25) is 0 Å². The highest BCUT2D eigenvalue weighted by Gasteiger charge is 2.34. The first kappa shape index (κ1) is 21.7. The van der Waals surface area contributed by atoms with Crippen molar-refractivity contribution in [2.24, 2.45) is 0 Å². The monoisotopic (exact) mass is 523 g/mol. The predicted octanol–water partition coefficient (Wildman–Crippen LogP) is 5.37. The van der Waals surface area contributed by atoms with E-state index >= 15 is 0 Å². The fourth-order valence-electron chi connectivity index (χ4n) is 3.06. The van der Waals surface area contributed by atoms with E-state index in [4.69, 9.17) is 9.47 Å². The first-order chi connectivity index (χ1) is 14.0. The summed E-state index contributed by atoms with van der Waals surface area (Å²) in [6.45, 7) is 2.83. The Kier molecular flexibility index (Phi) is 7.60. The predicted molar refractivity (Wildman–Crippen MR) is 124 cm³/mol. The molecule has 0 aromatic heterocycles. The Morgan fingerprint density at radius 1 is 1.17 bits per heavy atom. The third-order valence-corrected chi connectivity index (χ3v) is 6.11. The van der Waals surface area contributed by atoms with Crippen molar-refractivity contribution in [1.82, 2.24) is 4.90 Å². The van der Waals surface area contributed by atoms with E-state index in [1.165, 1.54) is 10.5 Å². The third-order valence-electron chi connectivity index (χ3n) is 4.40. The van der Waals surface area contributed by atoms with Gasteiger partial charge in [-0.05, 0) is 83.5 Å². The summed E-state index contributed by atoms with van der Waals surface area (Å²) in [4.78, 5) is 26.8. The lowest BCUT2D eigenvalue weighted by molar-refractivity contribution is -0.122. The van der Waals surface area contributed by atoms with Gasteiger partial charge in [0.1, 0.15) is 0 Å². The third kappa shape index (κ3) is 5.33. The molecule has 29 heavy (non-hydrogen) atoms. The van der Waals surface area contributed by atoms with Gasteiger partial charge in [0, 0.05) is 6.54 Å². The minimum absolute atomic E-state index is 0.220. The molecule has 152 valence electrons. The number of methoxy groups -OCH3 is 1. The maximum absolute atomic E-state index is 12.7. The zero-order chi connectivity index (χ0) is 20.8. The Bertz CT molecular complexity index is 930. The number of amides is 2. The van der Waals surface area contributed by atoms with Crippen molar-refractivity contribution in [2.45, 2.75) is 19.8 Å². The second-order valence-corrected chi connectivity index (χ2v) is 8.55. The van der Waals surface area contributed by atoms with Crippen LogP contribution in [0.3, 0.4) is 0 Å². The summed E-state index contributed by atoms with van der Waals surface area (Å²) >= 11 is 3.15. The largest absolute Gasteiger partial charge is 0.492 e. The number of halogens is 1. The van der Waals surface area contributed by atoms with Crippen molar-refractivity contribution in [3.8, 4) is 11.5 Å². The molecule has 1 aliphatic heterocycles. The Morgan fingerprint density at radius 2 is 1.93 bits per heavy atom. The van der Waals surface area contributed by atoms with Gasteiger partial charge in [0.25, 0.3) is 11.1 Å². The summed E-state index contributed by atoms with van der Waals surface area (Å²) in [5.74, 6) is 1.05. The number of imide groups is 1.